The van der Waals surface area contributed by atoms with Crippen molar-refractivity contribution in [2.75, 3.05) is 26.0 Å². The first kappa shape index (κ1) is 21.4. The summed E-state index contributed by atoms with van der Waals surface area (Å²) in [4.78, 5) is 18.9. The summed E-state index contributed by atoms with van der Waals surface area (Å²) >= 11 is 0. The van der Waals surface area contributed by atoms with Gasteiger partial charge < -0.3 is 14.7 Å². The number of piperidine rings is 1. The third-order valence-corrected chi connectivity index (χ3v) is 6.27. The van der Waals surface area contributed by atoms with E-state index < -0.39 is 0 Å². The van der Waals surface area contributed by atoms with E-state index in [4.69, 9.17) is 0 Å². The molecule has 0 spiro atoms. The molecule has 3 atom stereocenters. The van der Waals surface area contributed by atoms with Crippen LogP contribution in [0.15, 0.2) is 54.6 Å². The van der Waals surface area contributed by atoms with Crippen LogP contribution in [0.2, 0.25) is 0 Å². The maximum Gasteiger partial charge on any atom is 0.253 e. The van der Waals surface area contributed by atoms with E-state index >= 15 is 0 Å². The molecule has 2 aliphatic rings. The normalized spacial score (nSPS) is 23.1. The zero-order chi connectivity index (χ0) is 21.0. The first-order valence-corrected chi connectivity index (χ1v) is 10.9. The summed E-state index contributed by atoms with van der Waals surface area (Å²) in [6.45, 7) is 4.00. The summed E-state index contributed by atoms with van der Waals surface area (Å²) < 4.78 is 0. The molecule has 1 amide bonds. The molecule has 0 N–H and O–H groups in total. The van der Waals surface area contributed by atoms with E-state index in [0.717, 1.165) is 5.56 Å². The molecule has 0 aliphatic carbocycles. The molecule has 2 bridgehead atoms. The highest BCUT2D eigenvalue weighted by atomic mass is 16.2. The fourth-order valence-electron chi connectivity index (χ4n) is 4.78. The Morgan fingerprint density at radius 1 is 0.862 bits per heavy atom. The Morgan fingerprint density at radius 2 is 1.38 bits per heavy atom. The van der Waals surface area contributed by atoms with Crippen LogP contribution in [0.1, 0.15) is 49.9 Å². The van der Waals surface area contributed by atoms with Crippen molar-refractivity contribution in [2.45, 2.75) is 57.7 Å². The SMILES string of the molecule is CC.CN(C)C(=O)c1ccc(N(c2ccccc2)C2C[C@H]3CC[C@@H](C2)N3C)cc1. The van der Waals surface area contributed by atoms with Gasteiger partial charge in [0.1, 0.15) is 0 Å². The van der Waals surface area contributed by atoms with E-state index in [0.29, 0.717) is 18.1 Å². The first-order valence-electron chi connectivity index (χ1n) is 10.9. The Balaban J connectivity index is 0.00000117. The minimum Gasteiger partial charge on any atom is -0.345 e. The number of amides is 1. The van der Waals surface area contributed by atoms with Crippen molar-refractivity contribution in [2.24, 2.45) is 0 Å². The van der Waals surface area contributed by atoms with Crippen LogP contribution in [0.3, 0.4) is 0 Å². The van der Waals surface area contributed by atoms with Gasteiger partial charge in [-0.1, -0.05) is 32.0 Å². The highest BCUT2D eigenvalue weighted by Crippen LogP contribution is 2.40. The second-order valence-electron chi connectivity index (χ2n) is 8.13. The van der Waals surface area contributed by atoms with E-state index in [1.807, 2.05) is 26.0 Å². The zero-order valence-electron chi connectivity index (χ0n) is 18.5. The topological polar surface area (TPSA) is 26.8 Å². The van der Waals surface area contributed by atoms with Crippen LogP contribution in [0, 0.1) is 0 Å². The van der Waals surface area contributed by atoms with Crippen LogP contribution < -0.4 is 4.90 Å². The Bertz CT molecular complexity index is 773. The van der Waals surface area contributed by atoms with Crippen LogP contribution in [0.4, 0.5) is 11.4 Å². The van der Waals surface area contributed by atoms with Crippen LogP contribution in [-0.2, 0) is 0 Å². The maximum atomic E-state index is 12.2. The van der Waals surface area contributed by atoms with Gasteiger partial charge in [-0.3, -0.25) is 4.79 Å². The van der Waals surface area contributed by atoms with Gasteiger partial charge in [-0.05, 0) is 69.1 Å². The molecule has 4 nitrogen and oxygen atoms in total. The predicted molar refractivity (Wildman–Crippen MR) is 122 cm³/mol. The minimum atomic E-state index is 0.0464. The molecule has 4 heteroatoms. The molecular weight excluding hydrogens is 358 g/mol. The molecule has 2 saturated heterocycles. The van der Waals surface area contributed by atoms with Gasteiger partial charge in [0, 0.05) is 49.2 Å². The molecule has 156 valence electrons. The van der Waals surface area contributed by atoms with Gasteiger partial charge in [-0.2, -0.15) is 0 Å². The molecule has 29 heavy (non-hydrogen) atoms. The van der Waals surface area contributed by atoms with Crippen molar-refractivity contribution in [1.29, 1.82) is 0 Å². The standard InChI is InChI=1S/C23H29N3O.C2H6/c1-24(2)23(27)17-9-11-19(12-10-17)26(18-7-5-4-6-8-18)22-15-20-13-14-21(16-22)25(20)3;1-2/h4-12,20-22H,13-16H2,1-3H3;1-2H3/t20-,21+,22?;. The summed E-state index contributed by atoms with van der Waals surface area (Å²) in [6, 6.07) is 20.7. The largest absolute Gasteiger partial charge is 0.345 e. The minimum absolute atomic E-state index is 0.0464. The first-order chi connectivity index (χ1) is 14.0. The molecule has 2 aromatic carbocycles. The van der Waals surface area contributed by atoms with Crippen molar-refractivity contribution in [3.05, 3.63) is 60.2 Å². The Kier molecular flexibility index (Phi) is 6.96. The van der Waals surface area contributed by atoms with Crippen molar-refractivity contribution >= 4 is 17.3 Å². The number of nitrogens with zero attached hydrogens (tertiary/aromatic N) is 3. The van der Waals surface area contributed by atoms with Crippen LogP contribution in [0.25, 0.3) is 0 Å². The molecular formula is C25H35N3O. The van der Waals surface area contributed by atoms with Gasteiger partial charge in [-0.25, -0.2) is 0 Å². The van der Waals surface area contributed by atoms with Crippen molar-refractivity contribution in [1.82, 2.24) is 9.80 Å². The van der Waals surface area contributed by atoms with Crippen molar-refractivity contribution in [3.8, 4) is 0 Å². The summed E-state index contributed by atoms with van der Waals surface area (Å²) in [6.07, 6.45) is 5.02. The van der Waals surface area contributed by atoms with Gasteiger partial charge in [0.25, 0.3) is 5.91 Å². The maximum absolute atomic E-state index is 12.2. The third kappa shape index (κ3) is 4.48. The number of para-hydroxylation sites is 1. The van der Waals surface area contributed by atoms with Crippen molar-refractivity contribution in [3.63, 3.8) is 0 Å². The number of benzene rings is 2. The summed E-state index contributed by atoms with van der Waals surface area (Å²) in [5.74, 6) is 0.0464. The summed E-state index contributed by atoms with van der Waals surface area (Å²) in [5.41, 5.74) is 3.14. The van der Waals surface area contributed by atoms with E-state index in [-0.39, 0.29) is 5.91 Å². The van der Waals surface area contributed by atoms with E-state index in [1.54, 1.807) is 19.0 Å². The summed E-state index contributed by atoms with van der Waals surface area (Å²) in [5, 5.41) is 0. The van der Waals surface area contributed by atoms with Gasteiger partial charge in [-0.15, -0.1) is 0 Å². The highest BCUT2D eigenvalue weighted by molar-refractivity contribution is 5.94. The van der Waals surface area contributed by atoms with E-state index in [9.17, 15) is 4.79 Å². The average Bonchev–Trinajstić information content (AvgIpc) is 2.96. The van der Waals surface area contributed by atoms with Gasteiger partial charge in [0.05, 0.1) is 0 Å². The smallest absolute Gasteiger partial charge is 0.253 e. The molecule has 0 saturated carbocycles. The highest BCUT2D eigenvalue weighted by Gasteiger charge is 2.40. The van der Waals surface area contributed by atoms with Crippen LogP contribution >= 0.6 is 0 Å². The number of rotatable bonds is 4. The quantitative estimate of drug-likeness (QED) is 0.716. The average molecular weight is 394 g/mol. The number of hydrogen-bond donors (Lipinski definition) is 0. The molecule has 1 unspecified atom stereocenters. The van der Waals surface area contributed by atoms with Crippen LogP contribution in [-0.4, -0.2) is 55.0 Å². The van der Waals surface area contributed by atoms with E-state index in [2.05, 4.69) is 59.3 Å². The number of hydrogen-bond acceptors (Lipinski definition) is 3. The molecule has 4 rings (SSSR count). The number of anilines is 2. The van der Waals surface area contributed by atoms with Crippen molar-refractivity contribution < 1.29 is 4.79 Å². The number of carbonyl (C=O) groups is 1. The number of fused-ring (bicyclic) bond motifs is 2. The fraction of sp³-hybridized carbons (Fsp3) is 0.480. The number of carbonyl (C=O) groups excluding carboxylic acids is 1. The Hall–Kier alpha value is -2.33. The van der Waals surface area contributed by atoms with Gasteiger partial charge in [0.15, 0.2) is 0 Å². The van der Waals surface area contributed by atoms with Gasteiger partial charge in [0.2, 0.25) is 0 Å². The lowest BCUT2D eigenvalue weighted by Crippen LogP contribution is -2.47. The predicted octanol–water partition coefficient (Wildman–Crippen LogP) is 5.18. The zero-order valence-corrected chi connectivity index (χ0v) is 18.5. The molecule has 2 heterocycles. The monoisotopic (exact) mass is 393 g/mol. The lowest BCUT2D eigenvalue weighted by molar-refractivity contribution is 0.0827. The second-order valence-corrected chi connectivity index (χ2v) is 8.13. The molecule has 2 aliphatic heterocycles. The molecule has 0 radical (unpaired) electrons. The van der Waals surface area contributed by atoms with Crippen LogP contribution in [0.5, 0.6) is 0 Å². The fourth-order valence-corrected chi connectivity index (χ4v) is 4.78. The molecule has 0 aromatic heterocycles. The van der Waals surface area contributed by atoms with Gasteiger partial charge >= 0.3 is 0 Å². The summed E-state index contributed by atoms with van der Waals surface area (Å²) in [7, 11) is 5.87. The molecule has 2 aromatic rings. The lowest BCUT2D eigenvalue weighted by atomic mass is 9.95. The Labute approximate surface area is 176 Å². The third-order valence-electron chi connectivity index (χ3n) is 6.27. The lowest BCUT2D eigenvalue weighted by Gasteiger charge is -2.43. The molecule has 2 fully saturated rings. The van der Waals surface area contributed by atoms with E-state index in [1.165, 1.54) is 37.1 Å². The Morgan fingerprint density at radius 3 is 1.90 bits per heavy atom. The second kappa shape index (κ2) is 9.45.